The van der Waals surface area contributed by atoms with Crippen LogP contribution in [0, 0.1) is 5.92 Å². The SMILES string of the molecule is COCCNC(=O)[C@@H]1CCCN(C2CCN(C(=O)c3cccnn3)CC2)C1. The fraction of sp³-hybridized carbons (Fsp3) is 0.684. The second-order valence-corrected chi connectivity index (χ2v) is 7.25. The molecule has 3 rings (SSSR count). The average Bonchev–Trinajstić information content (AvgIpc) is 2.74. The molecule has 0 aliphatic carbocycles. The van der Waals surface area contributed by atoms with Gasteiger partial charge in [0, 0.05) is 45.5 Å². The van der Waals surface area contributed by atoms with Gasteiger partial charge in [0.15, 0.2) is 5.69 Å². The van der Waals surface area contributed by atoms with Gasteiger partial charge in [-0.15, -0.1) is 5.10 Å². The van der Waals surface area contributed by atoms with Gasteiger partial charge in [0.25, 0.3) is 5.91 Å². The van der Waals surface area contributed by atoms with Crippen molar-refractivity contribution in [2.24, 2.45) is 5.92 Å². The van der Waals surface area contributed by atoms with Crippen molar-refractivity contribution >= 4 is 11.8 Å². The first-order chi connectivity index (χ1) is 13.2. The summed E-state index contributed by atoms with van der Waals surface area (Å²) in [5.41, 5.74) is 0.404. The van der Waals surface area contributed by atoms with Crippen molar-refractivity contribution in [3.8, 4) is 0 Å². The molecule has 148 valence electrons. The number of carbonyl (C=O) groups is 2. The standard InChI is InChI=1S/C19H29N5O3/c1-27-13-9-20-18(25)15-4-3-10-24(14-15)16-6-11-23(12-7-16)19(26)17-5-2-8-21-22-17/h2,5,8,15-16H,3-4,6-7,9-14H2,1H3,(H,20,25)/t15-/m1/s1. The normalized spacial score (nSPS) is 21.8. The van der Waals surface area contributed by atoms with Gasteiger partial charge >= 0.3 is 0 Å². The number of likely N-dealkylation sites (tertiary alicyclic amines) is 2. The largest absolute Gasteiger partial charge is 0.383 e. The Morgan fingerprint density at radius 3 is 2.78 bits per heavy atom. The van der Waals surface area contributed by atoms with E-state index in [-0.39, 0.29) is 17.7 Å². The van der Waals surface area contributed by atoms with E-state index < -0.39 is 0 Å². The van der Waals surface area contributed by atoms with E-state index in [0.717, 1.165) is 51.9 Å². The van der Waals surface area contributed by atoms with E-state index in [1.165, 1.54) is 0 Å². The Kier molecular flexibility index (Phi) is 7.11. The molecule has 0 aromatic carbocycles. The van der Waals surface area contributed by atoms with Gasteiger partial charge in [-0.1, -0.05) is 0 Å². The Labute approximate surface area is 160 Å². The number of rotatable bonds is 6. The van der Waals surface area contributed by atoms with Crippen molar-refractivity contribution in [1.29, 1.82) is 0 Å². The monoisotopic (exact) mass is 375 g/mol. The maximum absolute atomic E-state index is 12.5. The molecule has 2 amide bonds. The van der Waals surface area contributed by atoms with Crippen LogP contribution >= 0.6 is 0 Å². The molecule has 0 spiro atoms. The molecule has 0 bridgehead atoms. The topological polar surface area (TPSA) is 87.7 Å². The van der Waals surface area contributed by atoms with Gasteiger partial charge in [0.1, 0.15) is 0 Å². The van der Waals surface area contributed by atoms with Gasteiger partial charge in [0.05, 0.1) is 12.5 Å². The quantitative estimate of drug-likeness (QED) is 0.731. The summed E-state index contributed by atoms with van der Waals surface area (Å²) in [7, 11) is 1.63. The molecule has 3 heterocycles. The second-order valence-electron chi connectivity index (χ2n) is 7.25. The highest BCUT2D eigenvalue weighted by Gasteiger charge is 2.32. The van der Waals surface area contributed by atoms with Crippen LogP contribution in [0.2, 0.25) is 0 Å². The molecule has 1 N–H and O–H groups in total. The van der Waals surface area contributed by atoms with Crippen molar-refractivity contribution in [1.82, 2.24) is 25.3 Å². The minimum atomic E-state index is -0.0457. The number of hydrogen-bond acceptors (Lipinski definition) is 6. The molecule has 8 heteroatoms. The van der Waals surface area contributed by atoms with Crippen LogP contribution in [0.15, 0.2) is 18.3 Å². The highest BCUT2D eigenvalue weighted by atomic mass is 16.5. The van der Waals surface area contributed by atoms with Gasteiger partial charge in [-0.3, -0.25) is 14.5 Å². The number of piperidine rings is 2. The minimum Gasteiger partial charge on any atom is -0.383 e. The van der Waals surface area contributed by atoms with E-state index in [9.17, 15) is 9.59 Å². The van der Waals surface area contributed by atoms with E-state index in [1.54, 1.807) is 25.4 Å². The summed E-state index contributed by atoms with van der Waals surface area (Å²) in [6.07, 6.45) is 5.43. The summed E-state index contributed by atoms with van der Waals surface area (Å²) in [4.78, 5) is 29.1. The van der Waals surface area contributed by atoms with E-state index in [1.807, 2.05) is 4.90 Å². The lowest BCUT2D eigenvalue weighted by molar-refractivity contribution is -0.127. The fourth-order valence-corrected chi connectivity index (χ4v) is 3.98. The van der Waals surface area contributed by atoms with Crippen molar-refractivity contribution in [2.45, 2.75) is 31.7 Å². The summed E-state index contributed by atoms with van der Waals surface area (Å²) in [6.45, 7) is 4.39. The minimum absolute atomic E-state index is 0.0457. The zero-order valence-electron chi connectivity index (χ0n) is 16.0. The summed E-state index contributed by atoms with van der Waals surface area (Å²) in [5, 5.41) is 10.7. The first-order valence-corrected chi connectivity index (χ1v) is 9.76. The van der Waals surface area contributed by atoms with Crippen molar-refractivity contribution in [3.63, 3.8) is 0 Å². The molecule has 8 nitrogen and oxygen atoms in total. The van der Waals surface area contributed by atoms with E-state index in [4.69, 9.17) is 4.74 Å². The molecule has 2 aliphatic heterocycles. The molecule has 2 aliphatic rings. The van der Waals surface area contributed by atoms with Gasteiger partial charge in [-0.25, -0.2) is 0 Å². The zero-order valence-corrected chi connectivity index (χ0v) is 16.0. The van der Waals surface area contributed by atoms with Gasteiger partial charge in [-0.05, 0) is 44.4 Å². The third-order valence-electron chi connectivity index (χ3n) is 5.49. The molecule has 0 unspecified atom stereocenters. The second kappa shape index (κ2) is 9.75. The van der Waals surface area contributed by atoms with Crippen molar-refractivity contribution in [2.75, 3.05) is 46.4 Å². The fourth-order valence-electron chi connectivity index (χ4n) is 3.98. The number of ether oxygens (including phenoxy) is 1. The Balaban J connectivity index is 1.47. The van der Waals surface area contributed by atoms with Crippen LogP contribution in [0.5, 0.6) is 0 Å². The third-order valence-corrected chi connectivity index (χ3v) is 5.49. The van der Waals surface area contributed by atoms with Crippen LogP contribution in [0.4, 0.5) is 0 Å². The van der Waals surface area contributed by atoms with E-state index in [0.29, 0.717) is 24.9 Å². The van der Waals surface area contributed by atoms with Crippen molar-refractivity contribution < 1.29 is 14.3 Å². The molecule has 2 fully saturated rings. The molecule has 2 saturated heterocycles. The number of carbonyl (C=O) groups excluding carboxylic acids is 2. The maximum atomic E-state index is 12.5. The summed E-state index contributed by atoms with van der Waals surface area (Å²) in [6, 6.07) is 3.88. The molecular weight excluding hydrogens is 346 g/mol. The number of nitrogens with zero attached hydrogens (tertiary/aromatic N) is 4. The molecule has 1 aromatic heterocycles. The number of hydrogen-bond donors (Lipinski definition) is 1. The average molecular weight is 375 g/mol. The van der Waals surface area contributed by atoms with Gasteiger partial charge < -0.3 is 15.0 Å². The van der Waals surface area contributed by atoms with Crippen LogP contribution in [0.25, 0.3) is 0 Å². The first-order valence-electron chi connectivity index (χ1n) is 9.76. The smallest absolute Gasteiger partial charge is 0.274 e. The van der Waals surface area contributed by atoms with Crippen LogP contribution in [-0.2, 0) is 9.53 Å². The van der Waals surface area contributed by atoms with Crippen LogP contribution < -0.4 is 5.32 Å². The molecule has 1 aromatic rings. The zero-order chi connectivity index (χ0) is 19.1. The predicted molar refractivity (Wildman–Crippen MR) is 100 cm³/mol. The Hall–Kier alpha value is -2.06. The lowest BCUT2D eigenvalue weighted by Gasteiger charge is -2.42. The van der Waals surface area contributed by atoms with Gasteiger partial charge in [-0.2, -0.15) is 5.10 Å². The Morgan fingerprint density at radius 1 is 1.26 bits per heavy atom. The Morgan fingerprint density at radius 2 is 2.07 bits per heavy atom. The molecule has 27 heavy (non-hydrogen) atoms. The van der Waals surface area contributed by atoms with Crippen LogP contribution in [0.1, 0.15) is 36.2 Å². The van der Waals surface area contributed by atoms with E-state index in [2.05, 4.69) is 20.4 Å². The van der Waals surface area contributed by atoms with Crippen LogP contribution in [0.3, 0.4) is 0 Å². The number of aromatic nitrogens is 2. The molecular formula is C19H29N5O3. The Bertz CT molecular complexity index is 619. The number of nitrogens with one attached hydrogen (secondary N) is 1. The predicted octanol–water partition coefficient (Wildman–Crippen LogP) is 0.556. The lowest BCUT2D eigenvalue weighted by Crippen LogP contribution is -2.51. The third kappa shape index (κ3) is 5.23. The number of methoxy groups -OCH3 is 1. The highest BCUT2D eigenvalue weighted by Crippen LogP contribution is 2.24. The molecule has 1 atom stereocenters. The molecule has 0 radical (unpaired) electrons. The van der Waals surface area contributed by atoms with Crippen molar-refractivity contribution in [3.05, 3.63) is 24.0 Å². The van der Waals surface area contributed by atoms with Gasteiger partial charge in [0.2, 0.25) is 5.91 Å². The van der Waals surface area contributed by atoms with E-state index >= 15 is 0 Å². The first kappa shape index (κ1) is 19.7. The maximum Gasteiger partial charge on any atom is 0.274 e. The lowest BCUT2D eigenvalue weighted by atomic mass is 9.93. The summed E-state index contributed by atoms with van der Waals surface area (Å²) >= 11 is 0. The summed E-state index contributed by atoms with van der Waals surface area (Å²) < 4.78 is 4.99. The van der Waals surface area contributed by atoms with Crippen LogP contribution in [-0.4, -0.2) is 84.3 Å². The molecule has 0 saturated carbocycles. The number of amides is 2. The summed E-state index contributed by atoms with van der Waals surface area (Å²) in [5.74, 6) is 0.137. The highest BCUT2D eigenvalue weighted by molar-refractivity contribution is 5.92.